The molecular weight excluding hydrogens is 258 g/mol. The lowest BCUT2D eigenvalue weighted by Gasteiger charge is -2.13. The molecule has 0 radical (unpaired) electrons. The van der Waals surface area contributed by atoms with Gasteiger partial charge in [0.2, 0.25) is 0 Å². The van der Waals surface area contributed by atoms with E-state index in [1.807, 2.05) is 0 Å². The Morgan fingerprint density at radius 2 is 1.67 bits per heavy atom. The minimum atomic E-state index is 0.557. The van der Waals surface area contributed by atoms with Gasteiger partial charge in [-0.15, -0.1) is 0 Å². The summed E-state index contributed by atoms with van der Waals surface area (Å²) in [6, 6.07) is 14.6. The van der Waals surface area contributed by atoms with E-state index in [0.717, 1.165) is 17.2 Å². The van der Waals surface area contributed by atoms with Crippen molar-refractivity contribution in [2.45, 2.75) is 18.8 Å². The summed E-state index contributed by atoms with van der Waals surface area (Å²) < 4.78 is 0. The van der Waals surface area contributed by atoms with E-state index in [1.165, 1.54) is 29.2 Å². The minimum absolute atomic E-state index is 0.557. The van der Waals surface area contributed by atoms with E-state index < -0.39 is 0 Å². The lowest BCUT2D eigenvalue weighted by Crippen LogP contribution is -1.99. The Hall–Kier alpha value is -2.55. The number of nitrogens with two attached hydrogens (primary N) is 2. The monoisotopic (exact) mass is 275 g/mol. The number of nitrogens with zero attached hydrogens (tertiary/aromatic N) is 1. The van der Waals surface area contributed by atoms with Crippen molar-refractivity contribution in [1.82, 2.24) is 4.98 Å². The van der Waals surface area contributed by atoms with Gasteiger partial charge in [0.25, 0.3) is 0 Å². The van der Waals surface area contributed by atoms with Crippen LogP contribution in [0.1, 0.15) is 24.3 Å². The fraction of sp³-hybridized carbons (Fsp3) is 0.167. The number of hydrogen-bond acceptors (Lipinski definition) is 3. The zero-order valence-electron chi connectivity index (χ0n) is 11.7. The zero-order valence-corrected chi connectivity index (χ0v) is 11.7. The van der Waals surface area contributed by atoms with Crippen LogP contribution in [0.15, 0.2) is 48.7 Å². The second kappa shape index (κ2) is 4.48. The van der Waals surface area contributed by atoms with Crippen molar-refractivity contribution in [2.75, 3.05) is 11.5 Å². The molecule has 1 fully saturated rings. The quantitative estimate of drug-likeness (QED) is 0.744. The molecule has 1 saturated carbocycles. The third kappa shape index (κ3) is 1.93. The molecule has 4 rings (SSSR count). The van der Waals surface area contributed by atoms with Crippen LogP contribution in [0.25, 0.3) is 22.0 Å². The molecule has 0 bridgehead atoms. The molecule has 3 aromatic rings. The highest BCUT2D eigenvalue weighted by Gasteiger charge is 2.26. The molecule has 0 spiro atoms. The minimum Gasteiger partial charge on any atom is -0.397 e. The molecule has 3 nitrogen and oxygen atoms in total. The highest BCUT2D eigenvalue weighted by Crippen LogP contribution is 2.45. The predicted octanol–water partition coefficient (Wildman–Crippen LogP) is 3.94. The van der Waals surface area contributed by atoms with Crippen LogP contribution in [0.3, 0.4) is 0 Å². The fourth-order valence-corrected chi connectivity index (χ4v) is 2.98. The molecule has 0 aliphatic heterocycles. The number of benzene rings is 2. The first-order valence-corrected chi connectivity index (χ1v) is 7.27. The lowest BCUT2D eigenvalue weighted by molar-refractivity contribution is 1.15. The molecule has 1 aromatic heterocycles. The molecule has 0 unspecified atom stereocenters. The Labute approximate surface area is 123 Å². The third-order valence-corrected chi connectivity index (χ3v) is 4.25. The number of aromatic nitrogens is 1. The summed E-state index contributed by atoms with van der Waals surface area (Å²) in [4.78, 5) is 4.44. The summed E-state index contributed by atoms with van der Waals surface area (Å²) >= 11 is 0. The maximum absolute atomic E-state index is 6.13. The van der Waals surface area contributed by atoms with Gasteiger partial charge in [-0.2, -0.15) is 0 Å². The van der Waals surface area contributed by atoms with Gasteiger partial charge in [-0.25, -0.2) is 0 Å². The predicted molar refractivity (Wildman–Crippen MR) is 88.0 cm³/mol. The van der Waals surface area contributed by atoms with Crippen molar-refractivity contribution in [3.63, 3.8) is 0 Å². The largest absolute Gasteiger partial charge is 0.397 e. The third-order valence-electron chi connectivity index (χ3n) is 4.25. The summed E-state index contributed by atoms with van der Waals surface area (Å²) in [7, 11) is 0. The number of rotatable bonds is 2. The summed E-state index contributed by atoms with van der Waals surface area (Å²) in [5, 5.41) is 2.51. The molecule has 1 heterocycles. The summed E-state index contributed by atoms with van der Waals surface area (Å²) in [6.45, 7) is 0. The molecule has 0 amide bonds. The van der Waals surface area contributed by atoms with Crippen LogP contribution in [0.2, 0.25) is 0 Å². The van der Waals surface area contributed by atoms with Crippen molar-refractivity contribution in [3.05, 3.63) is 54.2 Å². The smallest absolute Gasteiger partial charge is 0.0958 e. The number of fused-ring (bicyclic) bond motifs is 1. The standard InChI is InChI=1S/C18H17N3/c19-16-9-10-21-18(17(16)20)15-8-7-12(11-5-6-11)13-3-1-2-4-14(13)15/h1-4,7-11H,5-6,20H2,(H2,19,21). The molecule has 3 heteroatoms. The number of hydrogen-bond donors (Lipinski definition) is 2. The van der Waals surface area contributed by atoms with Gasteiger partial charge in [0.05, 0.1) is 17.1 Å². The first kappa shape index (κ1) is 12.2. The fourth-order valence-electron chi connectivity index (χ4n) is 2.98. The normalized spacial score (nSPS) is 14.5. The summed E-state index contributed by atoms with van der Waals surface area (Å²) in [6.07, 6.45) is 4.30. The van der Waals surface area contributed by atoms with Crippen LogP contribution in [0, 0.1) is 0 Å². The van der Waals surface area contributed by atoms with E-state index in [1.54, 1.807) is 12.3 Å². The van der Waals surface area contributed by atoms with E-state index in [2.05, 4.69) is 41.4 Å². The average molecular weight is 275 g/mol. The van der Waals surface area contributed by atoms with Crippen molar-refractivity contribution < 1.29 is 0 Å². The Bertz CT molecular complexity index is 835. The first-order valence-electron chi connectivity index (χ1n) is 7.27. The van der Waals surface area contributed by atoms with Crippen molar-refractivity contribution in [3.8, 4) is 11.3 Å². The molecular formula is C18H17N3. The van der Waals surface area contributed by atoms with Gasteiger partial charge < -0.3 is 11.5 Å². The summed E-state index contributed by atoms with van der Waals surface area (Å²) in [5.74, 6) is 0.718. The Kier molecular flexibility index (Phi) is 2.61. The SMILES string of the molecule is Nc1ccnc(-c2ccc(C3CC3)c3ccccc23)c1N. The molecule has 4 N–H and O–H groups in total. The van der Waals surface area contributed by atoms with Gasteiger partial charge in [-0.1, -0.05) is 36.4 Å². The van der Waals surface area contributed by atoms with E-state index in [0.29, 0.717) is 11.4 Å². The molecule has 1 aliphatic carbocycles. The van der Waals surface area contributed by atoms with E-state index in [4.69, 9.17) is 11.5 Å². The number of anilines is 2. The van der Waals surface area contributed by atoms with Gasteiger partial charge in [-0.3, -0.25) is 4.98 Å². The van der Waals surface area contributed by atoms with Crippen molar-refractivity contribution >= 4 is 22.1 Å². The van der Waals surface area contributed by atoms with Crippen molar-refractivity contribution in [1.29, 1.82) is 0 Å². The maximum atomic E-state index is 6.13. The Balaban J connectivity index is 2.02. The summed E-state index contributed by atoms with van der Waals surface area (Å²) in [5.41, 5.74) is 16.5. The molecule has 0 saturated heterocycles. The Morgan fingerprint density at radius 1 is 0.905 bits per heavy atom. The van der Waals surface area contributed by atoms with Gasteiger partial charge in [0.15, 0.2) is 0 Å². The van der Waals surface area contributed by atoms with Crippen LogP contribution in [-0.4, -0.2) is 4.98 Å². The van der Waals surface area contributed by atoms with Gasteiger partial charge in [0, 0.05) is 11.8 Å². The second-order valence-corrected chi connectivity index (χ2v) is 5.68. The van der Waals surface area contributed by atoms with Crippen LogP contribution in [-0.2, 0) is 0 Å². The highest BCUT2D eigenvalue weighted by molar-refractivity contribution is 6.01. The van der Waals surface area contributed by atoms with Crippen LogP contribution < -0.4 is 11.5 Å². The molecule has 21 heavy (non-hydrogen) atoms. The van der Waals surface area contributed by atoms with Gasteiger partial charge in [-0.05, 0) is 41.2 Å². The first-order chi connectivity index (χ1) is 10.3. The van der Waals surface area contributed by atoms with Crippen molar-refractivity contribution in [2.24, 2.45) is 0 Å². The van der Waals surface area contributed by atoms with E-state index in [9.17, 15) is 0 Å². The van der Waals surface area contributed by atoms with E-state index >= 15 is 0 Å². The molecule has 0 atom stereocenters. The van der Waals surface area contributed by atoms with Crippen LogP contribution in [0.4, 0.5) is 11.4 Å². The Morgan fingerprint density at radius 3 is 2.43 bits per heavy atom. The van der Waals surface area contributed by atoms with Gasteiger partial charge >= 0.3 is 0 Å². The second-order valence-electron chi connectivity index (χ2n) is 5.68. The average Bonchev–Trinajstić information content (AvgIpc) is 3.34. The zero-order chi connectivity index (χ0) is 14.4. The number of pyridine rings is 1. The van der Waals surface area contributed by atoms with E-state index in [-0.39, 0.29) is 0 Å². The maximum Gasteiger partial charge on any atom is 0.0958 e. The number of nitrogen functional groups attached to an aromatic ring is 2. The molecule has 2 aromatic carbocycles. The van der Waals surface area contributed by atoms with Crippen LogP contribution in [0.5, 0.6) is 0 Å². The van der Waals surface area contributed by atoms with Crippen LogP contribution >= 0.6 is 0 Å². The molecule has 1 aliphatic rings. The highest BCUT2D eigenvalue weighted by atomic mass is 14.8. The molecule has 104 valence electrons. The topological polar surface area (TPSA) is 64.9 Å². The lowest BCUT2D eigenvalue weighted by atomic mass is 9.94. The van der Waals surface area contributed by atoms with Gasteiger partial charge in [0.1, 0.15) is 0 Å².